The average Bonchev–Trinajstić information content (AvgIpc) is 2.72. The second-order valence-electron chi connectivity index (χ2n) is 6.13. The Labute approximate surface area is 131 Å². The zero-order valence-corrected chi connectivity index (χ0v) is 13.5. The van der Waals surface area contributed by atoms with Gasteiger partial charge < -0.3 is 4.90 Å². The van der Waals surface area contributed by atoms with Crippen molar-refractivity contribution in [3.63, 3.8) is 0 Å². The summed E-state index contributed by atoms with van der Waals surface area (Å²) < 4.78 is 0. The zero-order valence-electron chi connectivity index (χ0n) is 12.7. The molecule has 0 radical (unpaired) electrons. The Bertz CT molecular complexity index is 505. The summed E-state index contributed by atoms with van der Waals surface area (Å²) in [4.78, 5) is 12.9. The summed E-state index contributed by atoms with van der Waals surface area (Å²) in [5.74, 6) is 1.67. The minimum Gasteiger partial charge on any atom is -0.372 e. The third-order valence-electron chi connectivity index (χ3n) is 4.48. The summed E-state index contributed by atoms with van der Waals surface area (Å²) in [6, 6.07) is 5.31. The van der Waals surface area contributed by atoms with E-state index in [-0.39, 0.29) is 16.5 Å². The van der Waals surface area contributed by atoms with Gasteiger partial charge in [-0.15, -0.1) is 11.6 Å². The molecule has 1 aliphatic rings. The molecular weight excluding hydrogens is 288 g/mol. The molecule has 116 valence electrons. The van der Waals surface area contributed by atoms with Crippen molar-refractivity contribution in [1.29, 1.82) is 0 Å². The Hall–Kier alpha value is -1.29. The van der Waals surface area contributed by atoms with Crippen molar-refractivity contribution in [2.45, 2.75) is 39.0 Å². The van der Waals surface area contributed by atoms with Crippen LogP contribution >= 0.6 is 11.6 Å². The van der Waals surface area contributed by atoms with Gasteiger partial charge in [-0.05, 0) is 43.2 Å². The standard InChI is InChI=1S/C16H23ClN2O2/c1-12(2)13-4-3-8-18(9-7-13)15-5-6-16(19(20)21)14(10-15)11-17/h5-6,10,12-13H,3-4,7-9,11H2,1-2H3. The molecule has 1 fully saturated rings. The van der Waals surface area contributed by atoms with Gasteiger partial charge in [-0.1, -0.05) is 13.8 Å². The minimum atomic E-state index is -0.362. The first-order valence-corrected chi connectivity index (χ1v) is 8.14. The molecular formula is C16H23ClN2O2. The molecule has 0 N–H and O–H groups in total. The molecule has 1 aromatic carbocycles. The van der Waals surface area contributed by atoms with E-state index in [0.717, 1.165) is 30.6 Å². The summed E-state index contributed by atoms with van der Waals surface area (Å²) in [6.07, 6.45) is 3.63. The Morgan fingerprint density at radius 3 is 2.76 bits per heavy atom. The van der Waals surface area contributed by atoms with Gasteiger partial charge in [-0.3, -0.25) is 10.1 Å². The quantitative estimate of drug-likeness (QED) is 0.464. The zero-order chi connectivity index (χ0) is 15.4. The van der Waals surface area contributed by atoms with Crippen LogP contribution in [0.4, 0.5) is 11.4 Å². The Balaban J connectivity index is 2.16. The van der Waals surface area contributed by atoms with E-state index in [1.54, 1.807) is 6.07 Å². The summed E-state index contributed by atoms with van der Waals surface area (Å²) in [6.45, 7) is 6.61. The lowest BCUT2D eigenvalue weighted by atomic mass is 9.89. The molecule has 5 heteroatoms. The Morgan fingerprint density at radius 2 is 2.14 bits per heavy atom. The van der Waals surface area contributed by atoms with Gasteiger partial charge in [0.1, 0.15) is 0 Å². The van der Waals surface area contributed by atoms with Crippen molar-refractivity contribution in [3.8, 4) is 0 Å². The molecule has 1 aliphatic heterocycles. The fraction of sp³-hybridized carbons (Fsp3) is 0.625. The Morgan fingerprint density at radius 1 is 1.38 bits per heavy atom. The highest BCUT2D eigenvalue weighted by Gasteiger charge is 2.21. The molecule has 1 atom stereocenters. The van der Waals surface area contributed by atoms with Gasteiger partial charge in [0.25, 0.3) is 5.69 Å². The normalized spacial score (nSPS) is 19.6. The fourth-order valence-electron chi connectivity index (χ4n) is 3.10. The smallest absolute Gasteiger partial charge is 0.273 e. The molecule has 4 nitrogen and oxygen atoms in total. The molecule has 1 heterocycles. The van der Waals surface area contributed by atoms with Crippen LogP contribution in [-0.4, -0.2) is 18.0 Å². The largest absolute Gasteiger partial charge is 0.372 e. The molecule has 0 bridgehead atoms. The lowest BCUT2D eigenvalue weighted by Crippen LogP contribution is -2.24. The lowest BCUT2D eigenvalue weighted by Gasteiger charge is -2.24. The Kier molecular flexibility index (Phi) is 5.45. The third-order valence-corrected chi connectivity index (χ3v) is 4.77. The number of hydrogen-bond donors (Lipinski definition) is 0. The number of rotatable bonds is 4. The number of halogens is 1. The van der Waals surface area contributed by atoms with E-state index in [0.29, 0.717) is 5.56 Å². The van der Waals surface area contributed by atoms with E-state index in [2.05, 4.69) is 18.7 Å². The van der Waals surface area contributed by atoms with E-state index in [4.69, 9.17) is 11.6 Å². The highest BCUT2D eigenvalue weighted by Crippen LogP contribution is 2.30. The van der Waals surface area contributed by atoms with Crippen molar-refractivity contribution in [2.75, 3.05) is 18.0 Å². The van der Waals surface area contributed by atoms with Crippen LogP contribution in [-0.2, 0) is 5.88 Å². The first-order chi connectivity index (χ1) is 10.0. The summed E-state index contributed by atoms with van der Waals surface area (Å²) in [5, 5.41) is 11.0. The molecule has 0 amide bonds. The number of hydrogen-bond acceptors (Lipinski definition) is 3. The van der Waals surface area contributed by atoms with Gasteiger partial charge in [0, 0.05) is 30.4 Å². The van der Waals surface area contributed by atoms with E-state index < -0.39 is 0 Å². The summed E-state index contributed by atoms with van der Waals surface area (Å²) in [7, 11) is 0. The maximum Gasteiger partial charge on any atom is 0.273 e. The van der Waals surface area contributed by atoms with Crippen molar-refractivity contribution in [1.82, 2.24) is 0 Å². The van der Waals surface area contributed by atoms with Crippen LogP contribution in [0.15, 0.2) is 18.2 Å². The van der Waals surface area contributed by atoms with Crippen molar-refractivity contribution in [3.05, 3.63) is 33.9 Å². The van der Waals surface area contributed by atoms with Crippen LogP contribution in [0.1, 0.15) is 38.7 Å². The molecule has 0 spiro atoms. The van der Waals surface area contributed by atoms with Crippen molar-refractivity contribution < 1.29 is 4.92 Å². The third kappa shape index (κ3) is 3.88. The molecule has 21 heavy (non-hydrogen) atoms. The van der Waals surface area contributed by atoms with Crippen LogP contribution in [0.5, 0.6) is 0 Å². The van der Waals surface area contributed by atoms with Crippen molar-refractivity contribution in [2.24, 2.45) is 11.8 Å². The van der Waals surface area contributed by atoms with Crippen molar-refractivity contribution >= 4 is 23.0 Å². The number of alkyl halides is 1. The highest BCUT2D eigenvalue weighted by molar-refractivity contribution is 6.17. The number of anilines is 1. The second kappa shape index (κ2) is 7.12. The van der Waals surface area contributed by atoms with Gasteiger partial charge in [0.2, 0.25) is 0 Å². The van der Waals surface area contributed by atoms with Crippen LogP contribution in [0.2, 0.25) is 0 Å². The van der Waals surface area contributed by atoms with Gasteiger partial charge >= 0.3 is 0 Å². The maximum atomic E-state index is 11.0. The molecule has 0 aliphatic carbocycles. The SMILES string of the molecule is CC(C)C1CCCN(c2ccc([N+](=O)[O-])c(CCl)c2)CC1. The highest BCUT2D eigenvalue weighted by atomic mass is 35.5. The predicted molar refractivity (Wildman–Crippen MR) is 87.0 cm³/mol. The molecule has 1 aromatic rings. The molecule has 2 rings (SSSR count). The first kappa shape index (κ1) is 16.1. The molecule has 1 unspecified atom stereocenters. The maximum absolute atomic E-state index is 11.0. The van der Waals surface area contributed by atoms with Crippen LogP contribution in [0.3, 0.4) is 0 Å². The van der Waals surface area contributed by atoms with Gasteiger partial charge in [0.05, 0.1) is 10.8 Å². The first-order valence-electron chi connectivity index (χ1n) is 7.61. The number of nitrogens with zero attached hydrogens (tertiary/aromatic N) is 2. The van der Waals surface area contributed by atoms with Gasteiger partial charge in [-0.25, -0.2) is 0 Å². The average molecular weight is 311 g/mol. The van der Waals surface area contributed by atoms with Crippen LogP contribution in [0, 0.1) is 22.0 Å². The van der Waals surface area contributed by atoms with Gasteiger partial charge in [0.15, 0.2) is 0 Å². The molecule has 0 saturated carbocycles. The fourth-order valence-corrected chi connectivity index (χ4v) is 3.31. The van der Waals surface area contributed by atoms with E-state index in [1.165, 1.54) is 19.3 Å². The predicted octanol–water partition coefficient (Wildman–Crippen LogP) is 4.60. The number of nitro benzene ring substituents is 1. The van der Waals surface area contributed by atoms with Crippen LogP contribution in [0.25, 0.3) is 0 Å². The topological polar surface area (TPSA) is 46.4 Å². The minimum absolute atomic E-state index is 0.114. The van der Waals surface area contributed by atoms with E-state index >= 15 is 0 Å². The summed E-state index contributed by atoms with van der Waals surface area (Å²) in [5.41, 5.74) is 1.77. The van der Waals surface area contributed by atoms with E-state index in [9.17, 15) is 10.1 Å². The van der Waals surface area contributed by atoms with E-state index in [1.807, 2.05) is 12.1 Å². The molecule has 0 aromatic heterocycles. The molecule has 1 saturated heterocycles. The number of benzene rings is 1. The monoisotopic (exact) mass is 310 g/mol. The van der Waals surface area contributed by atoms with Gasteiger partial charge in [-0.2, -0.15) is 0 Å². The van der Waals surface area contributed by atoms with Crippen LogP contribution < -0.4 is 4.90 Å². The number of nitro groups is 1. The lowest BCUT2D eigenvalue weighted by molar-refractivity contribution is -0.385. The second-order valence-corrected chi connectivity index (χ2v) is 6.39. The summed E-state index contributed by atoms with van der Waals surface area (Å²) >= 11 is 5.86.